The number of rotatable bonds is 2. The fourth-order valence-electron chi connectivity index (χ4n) is 0.978. The molecule has 1 fully saturated rings. The van der Waals surface area contributed by atoms with Crippen LogP contribution in [0.5, 0.6) is 0 Å². The molecule has 1 aliphatic carbocycles. The Morgan fingerprint density at radius 3 is 2.64 bits per heavy atom. The second-order valence-electron chi connectivity index (χ2n) is 2.58. The van der Waals surface area contributed by atoms with Crippen LogP contribution in [0.1, 0.15) is 19.8 Å². The minimum atomic E-state index is -2.01. The normalized spacial score (nSPS) is 20.7. The molecule has 1 rings (SSSR count). The van der Waals surface area contributed by atoms with Crippen molar-refractivity contribution in [3.8, 4) is 0 Å². The van der Waals surface area contributed by atoms with Crippen LogP contribution in [-0.2, 0) is 14.3 Å². The van der Waals surface area contributed by atoms with Crippen LogP contribution in [0.2, 0.25) is 0 Å². The van der Waals surface area contributed by atoms with Crippen molar-refractivity contribution >= 4 is 11.8 Å². The Kier molecular flexibility index (Phi) is 1.93. The number of alkyl halides is 1. The highest BCUT2D eigenvalue weighted by Gasteiger charge is 2.51. The number of hydrogen-bond donors (Lipinski definition) is 0. The summed E-state index contributed by atoms with van der Waals surface area (Å²) in [4.78, 5) is 21.1. The van der Waals surface area contributed by atoms with Crippen LogP contribution in [0.4, 0.5) is 4.39 Å². The van der Waals surface area contributed by atoms with E-state index in [2.05, 4.69) is 4.74 Å². The molecule has 0 atom stereocenters. The SMILES string of the molecule is CCOC(=O)C1(F)CC(=O)C1. The average molecular weight is 160 g/mol. The summed E-state index contributed by atoms with van der Waals surface area (Å²) < 4.78 is 17.5. The minimum Gasteiger partial charge on any atom is -0.464 e. The van der Waals surface area contributed by atoms with E-state index >= 15 is 0 Å². The number of Topliss-reactive ketones (excluding diaryl/α,β-unsaturated/α-hetero) is 1. The van der Waals surface area contributed by atoms with E-state index in [-0.39, 0.29) is 25.2 Å². The fourth-order valence-corrected chi connectivity index (χ4v) is 0.978. The van der Waals surface area contributed by atoms with Gasteiger partial charge >= 0.3 is 5.97 Å². The van der Waals surface area contributed by atoms with Crippen molar-refractivity contribution in [3.63, 3.8) is 0 Å². The molecule has 0 saturated heterocycles. The van der Waals surface area contributed by atoms with Crippen LogP contribution in [0, 0.1) is 0 Å². The Hall–Kier alpha value is -0.930. The number of carbonyl (C=O) groups excluding carboxylic acids is 2. The van der Waals surface area contributed by atoms with Crippen molar-refractivity contribution < 1.29 is 18.7 Å². The maximum Gasteiger partial charge on any atom is 0.344 e. The zero-order valence-corrected chi connectivity index (χ0v) is 6.22. The average Bonchev–Trinajstić information content (AvgIpc) is 1.85. The molecular formula is C7H9FO3. The number of ether oxygens (including phenoxy) is 1. The first-order chi connectivity index (χ1) is 5.08. The molecule has 1 aliphatic rings. The van der Waals surface area contributed by atoms with Gasteiger partial charge in [-0.15, -0.1) is 0 Å². The first kappa shape index (κ1) is 8.17. The van der Waals surface area contributed by atoms with Gasteiger partial charge < -0.3 is 4.74 Å². The van der Waals surface area contributed by atoms with Gasteiger partial charge in [-0.05, 0) is 6.92 Å². The van der Waals surface area contributed by atoms with Crippen LogP contribution in [-0.4, -0.2) is 24.0 Å². The summed E-state index contributed by atoms with van der Waals surface area (Å²) in [5, 5.41) is 0. The molecule has 0 aliphatic heterocycles. The van der Waals surface area contributed by atoms with E-state index in [1.165, 1.54) is 0 Å². The lowest BCUT2D eigenvalue weighted by Crippen LogP contribution is -2.48. The summed E-state index contributed by atoms with van der Waals surface area (Å²) in [5.41, 5.74) is -2.01. The van der Waals surface area contributed by atoms with Crippen LogP contribution in [0.3, 0.4) is 0 Å². The second-order valence-corrected chi connectivity index (χ2v) is 2.58. The molecule has 0 N–H and O–H groups in total. The van der Waals surface area contributed by atoms with E-state index < -0.39 is 11.6 Å². The largest absolute Gasteiger partial charge is 0.464 e. The molecule has 4 heteroatoms. The molecule has 0 unspecified atom stereocenters. The van der Waals surface area contributed by atoms with E-state index in [0.717, 1.165) is 0 Å². The van der Waals surface area contributed by atoms with E-state index in [0.29, 0.717) is 0 Å². The number of hydrogen-bond acceptors (Lipinski definition) is 3. The number of carbonyl (C=O) groups is 2. The van der Waals surface area contributed by atoms with Gasteiger partial charge in [-0.3, -0.25) is 4.79 Å². The Bertz CT molecular complexity index is 192. The number of ketones is 1. The van der Waals surface area contributed by atoms with E-state index in [1.54, 1.807) is 6.92 Å². The predicted molar refractivity (Wildman–Crippen MR) is 34.7 cm³/mol. The van der Waals surface area contributed by atoms with Crippen molar-refractivity contribution in [2.24, 2.45) is 0 Å². The molecule has 0 spiro atoms. The highest BCUT2D eigenvalue weighted by atomic mass is 19.1. The molecule has 0 aromatic heterocycles. The van der Waals surface area contributed by atoms with Crippen molar-refractivity contribution in [1.82, 2.24) is 0 Å². The lowest BCUT2D eigenvalue weighted by atomic mass is 9.81. The van der Waals surface area contributed by atoms with Crippen molar-refractivity contribution in [1.29, 1.82) is 0 Å². The topological polar surface area (TPSA) is 43.4 Å². The highest BCUT2D eigenvalue weighted by Crippen LogP contribution is 2.33. The van der Waals surface area contributed by atoms with Crippen LogP contribution in [0.25, 0.3) is 0 Å². The van der Waals surface area contributed by atoms with Gasteiger partial charge in [0.25, 0.3) is 0 Å². The molecule has 0 amide bonds. The molecular weight excluding hydrogens is 151 g/mol. The van der Waals surface area contributed by atoms with Crippen molar-refractivity contribution in [2.45, 2.75) is 25.4 Å². The monoisotopic (exact) mass is 160 g/mol. The molecule has 0 radical (unpaired) electrons. The van der Waals surface area contributed by atoms with Gasteiger partial charge in [-0.2, -0.15) is 0 Å². The van der Waals surface area contributed by atoms with E-state index in [1.807, 2.05) is 0 Å². The third-order valence-electron chi connectivity index (χ3n) is 1.60. The summed E-state index contributed by atoms with van der Waals surface area (Å²) in [7, 11) is 0. The first-order valence-electron chi connectivity index (χ1n) is 3.46. The highest BCUT2D eigenvalue weighted by molar-refractivity contribution is 5.99. The molecule has 0 heterocycles. The Labute approximate surface area is 63.5 Å². The number of halogens is 1. The fraction of sp³-hybridized carbons (Fsp3) is 0.714. The van der Waals surface area contributed by atoms with Crippen LogP contribution >= 0.6 is 0 Å². The van der Waals surface area contributed by atoms with Crippen molar-refractivity contribution in [2.75, 3.05) is 6.61 Å². The van der Waals surface area contributed by atoms with Crippen LogP contribution < -0.4 is 0 Å². The quantitative estimate of drug-likeness (QED) is 0.556. The summed E-state index contributed by atoms with van der Waals surface area (Å²) >= 11 is 0. The molecule has 0 aromatic carbocycles. The van der Waals surface area contributed by atoms with Crippen LogP contribution in [0.15, 0.2) is 0 Å². The van der Waals surface area contributed by atoms with Crippen molar-refractivity contribution in [3.05, 3.63) is 0 Å². The molecule has 11 heavy (non-hydrogen) atoms. The molecule has 1 saturated carbocycles. The third kappa shape index (κ3) is 1.39. The van der Waals surface area contributed by atoms with E-state index in [9.17, 15) is 14.0 Å². The predicted octanol–water partition coefficient (Wildman–Crippen LogP) is 0.621. The smallest absolute Gasteiger partial charge is 0.344 e. The zero-order valence-electron chi connectivity index (χ0n) is 6.22. The molecule has 0 aromatic rings. The lowest BCUT2D eigenvalue weighted by Gasteiger charge is -2.29. The Balaban J connectivity index is 2.47. The Morgan fingerprint density at radius 2 is 2.27 bits per heavy atom. The second kappa shape index (κ2) is 2.60. The lowest BCUT2D eigenvalue weighted by molar-refractivity contribution is -0.168. The van der Waals surface area contributed by atoms with Gasteiger partial charge in [0.05, 0.1) is 19.4 Å². The van der Waals surface area contributed by atoms with Gasteiger partial charge in [0, 0.05) is 0 Å². The van der Waals surface area contributed by atoms with Gasteiger partial charge in [-0.25, -0.2) is 9.18 Å². The molecule has 0 bridgehead atoms. The van der Waals surface area contributed by atoms with Gasteiger partial charge in [-0.1, -0.05) is 0 Å². The Morgan fingerprint density at radius 1 is 1.73 bits per heavy atom. The summed E-state index contributed by atoms with van der Waals surface area (Å²) in [6.45, 7) is 1.75. The molecule has 62 valence electrons. The van der Waals surface area contributed by atoms with Gasteiger partial charge in [0.15, 0.2) is 0 Å². The zero-order chi connectivity index (χ0) is 8.48. The van der Waals surface area contributed by atoms with Gasteiger partial charge in [0.1, 0.15) is 5.78 Å². The maximum atomic E-state index is 13.0. The van der Waals surface area contributed by atoms with E-state index in [4.69, 9.17) is 0 Å². The first-order valence-corrected chi connectivity index (χ1v) is 3.46. The summed E-state index contributed by atoms with van der Waals surface area (Å²) in [5.74, 6) is -1.12. The molecule has 3 nitrogen and oxygen atoms in total. The maximum absolute atomic E-state index is 13.0. The summed E-state index contributed by atoms with van der Waals surface area (Å²) in [6.07, 6.45) is -0.627. The number of esters is 1. The standard InChI is InChI=1S/C7H9FO3/c1-2-11-6(10)7(8)3-5(9)4-7/h2-4H2,1H3. The van der Waals surface area contributed by atoms with Gasteiger partial charge in [0.2, 0.25) is 5.67 Å². The summed E-state index contributed by atoms with van der Waals surface area (Å²) in [6, 6.07) is 0. The third-order valence-corrected chi connectivity index (χ3v) is 1.60. The minimum absolute atomic E-state index is 0.151.